The molecule has 1 N–H and O–H groups in total. The lowest BCUT2D eigenvalue weighted by Gasteiger charge is -2.44. The van der Waals surface area contributed by atoms with Gasteiger partial charge in [-0.1, -0.05) is 19.8 Å². The van der Waals surface area contributed by atoms with Crippen LogP contribution in [-0.4, -0.2) is 16.9 Å². The molecular weight excluding hydrogens is 241 g/mol. The highest BCUT2D eigenvalue weighted by Gasteiger charge is 2.48. The van der Waals surface area contributed by atoms with E-state index in [4.69, 9.17) is 0 Å². The van der Waals surface area contributed by atoms with Crippen LogP contribution in [0, 0.1) is 17.8 Å². The van der Waals surface area contributed by atoms with Gasteiger partial charge in [-0.25, -0.2) is 0 Å². The lowest BCUT2D eigenvalue weighted by Crippen LogP contribution is -2.45. The van der Waals surface area contributed by atoms with Gasteiger partial charge in [-0.05, 0) is 50.4 Å². The third-order valence-corrected chi connectivity index (χ3v) is 5.01. The molecule has 2 aliphatic rings. The molecule has 0 aromatic heterocycles. The van der Waals surface area contributed by atoms with E-state index in [-0.39, 0.29) is 18.8 Å². The zero-order chi connectivity index (χ0) is 13.4. The van der Waals surface area contributed by atoms with Gasteiger partial charge >= 0.3 is 6.18 Å². The summed E-state index contributed by atoms with van der Waals surface area (Å²) in [5, 5.41) is 10.6. The van der Waals surface area contributed by atoms with Gasteiger partial charge in [0.25, 0.3) is 0 Å². The monoisotopic (exact) mass is 264 g/mol. The van der Waals surface area contributed by atoms with Crippen molar-refractivity contribution in [2.45, 2.75) is 70.1 Å². The summed E-state index contributed by atoms with van der Waals surface area (Å²) in [5.74, 6) is -0.373. The van der Waals surface area contributed by atoms with Crippen LogP contribution in [0.3, 0.4) is 0 Å². The minimum Gasteiger partial charge on any atom is -0.390 e. The van der Waals surface area contributed by atoms with Crippen molar-refractivity contribution in [2.75, 3.05) is 0 Å². The summed E-state index contributed by atoms with van der Waals surface area (Å²) >= 11 is 0. The molecule has 2 unspecified atom stereocenters. The Morgan fingerprint density at radius 2 is 1.67 bits per heavy atom. The highest BCUT2D eigenvalue weighted by molar-refractivity contribution is 4.94. The molecule has 2 atom stereocenters. The van der Waals surface area contributed by atoms with E-state index in [0.29, 0.717) is 18.8 Å². The fourth-order valence-corrected chi connectivity index (χ4v) is 3.78. The molecule has 0 aromatic carbocycles. The van der Waals surface area contributed by atoms with Crippen LogP contribution in [0.2, 0.25) is 0 Å². The Labute approximate surface area is 107 Å². The first-order valence-electron chi connectivity index (χ1n) is 7.10. The average Bonchev–Trinajstić information content (AvgIpc) is 2.28. The first-order valence-corrected chi connectivity index (χ1v) is 7.10. The molecule has 0 heterocycles. The van der Waals surface area contributed by atoms with Crippen LogP contribution in [0.15, 0.2) is 0 Å². The number of halogens is 3. The van der Waals surface area contributed by atoms with E-state index in [9.17, 15) is 18.3 Å². The Morgan fingerprint density at radius 3 is 2.17 bits per heavy atom. The van der Waals surface area contributed by atoms with Gasteiger partial charge < -0.3 is 5.11 Å². The van der Waals surface area contributed by atoms with E-state index in [1.54, 1.807) is 0 Å². The molecular formula is C14H23F3O. The predicted octanol–water partition coefficient (Wildman–Crippen LogP) is 4.30. The SMILES string of the molecule is CC1CCCC(C2(O)CCC(C(F)(F)F)CC2)C1. The van der Waals surface area contributed by atoms with E-state index in [0.717, 1.165) is 19.3 Å². The minimum absolute atomic E-state index is 0.102. The van der Waals surface area contributed by atoms with Crippen LogP contribution in [0.5, 0.6) is 0 Å². The van der Waals surface area contributed by atoms with Crippen LogP contribution >= 0.6 is 0 Å². The summed E-state index contributed by atoms with van der Waals surface area (Å²) in [7, 11) is 0. The Morgan fingerprint density at radius 1 is 1.06 bits per heavy atom. The van der Waals surface area contributed by atoms with Crippen molar-refractivity contribution < 1.29 is 18.3 Å². The quantitative estimate of drug-likeness (QED) is 0.748. The summed E-state index contributed by atoms with van der Waals surface area (Å²) in [6, 6.07) is 0. The smallest absolute Gasteiger partial charge is 0.390 e. The summed E-state index contributed by atoms with van der Waals surface area (Å²) in [5.41, 5.74) is -0.823. The molecule has 0 spiro atoms. The number of rotatable bonds is 1. The van der Waals surface area contributed by atoms with Gasteiger partial charge in [-0.2, -0.15) is 13.2 Å². The maximum absolute atomic E-state index is 12.6. The van der Waals surface area contributed by atoms with Gasteiger partial charge in [0.05, 0.1) is 11.5 Å². The number of hydrogen-bond acceptors (Lipinski definition) is 1. The fraction of sp³-hybridized carbons (Fsp3) is 1.00. The topological polar surface area (TPSA) is 20.2 Å². The summed E-state index contributed by atoms with van der Waals surface area (Å²) in [4.78, 5) is 0. The second-order valence-electron chi connectivity index (χ2n) is 6.39. The number of aliphatic hydroxyl groups is 1. The van der Waals surface area contributed by atoms with Gasteiger partial charge in [0.2, 0.25) is 0 Å². The predicted molar refractivity (Wildman–Crippen MR) is 64.1 cm³/mol. The highest BCUT2D eigenvalue weighted by atomic mass is 19.4. The molecule has 2 fully saturated rings. The lowest BCUT2D eigenvalue weighted by atomic mass is 9.66. The minimum atomic E-state index is -4.08. The van der Waals surface area contributed by atoms with Crippen molar-refractivity contribution in [3.05, 3.63) is 0 Å². The zero-order valence-electron chi connectivity index (χ0n) is 11.0. The van der Waals surface area contributed by atoms with E-state index >= 15 is 0 Å². The summed E-state index contributed by atoms with van der Waals surface area (Å²) in [6.45, 7) is 2.18. The van der Waals surface area contributed by atoms with Gasteiger partial charge in [-0.15, -0.1) is 0 Å². The molecule has 1 nitrogen and oxygen atoms in total. The molecule has 2 rings (SSSR count). The molecule has 2 saturated carbocycles. The average molecular weight is 264 g/mol. The molecule has 106 valence electrons. The maximum atomic E-state index is 12.6. The molecule has 0 radical (unpaired) electrons. The van der Waals surface area contributed by atoms with Crippen LogP contribution in [0.25, 0.3) is 0 Å². The number of hydrogen-bond donors (Lipinski definition) is 1. The van der Waals surface area contributed by atoms with Crippen molar-refractivity contribution in [3.8, 4) is 0 Å². The molecule has 0 aliphatic heterocycles. The Bertz CT molecular complexity index is 279. The standard InChI is InChI=1S/C14H23F3O/c1-10-3-2-4-12(9-10)13(18)7-5-11(6-8-13)14(15,16)17/h10-12,18H,2-9H2,1H3. The lowest BCUT2D eigenvalue weighted by molar-refractivity contribution is -0.197. The third kappa shape index (κ3) is 3.01. The van der Waals surface area contributed by atoms with Crippen molar-refractivity contribution in [2.24, 2.45) is 17.8 Å². The molecule has 0 amide bonds. The van der Waals surface area contributed by atoms with Gasteiger partial charge in [0.1, 0.15) is 0 Å². The largest absolute Gasteiger partial charge is 0.391 e. The van der Waals surface area contributed by atoms with Crippen molar-refractivity contribution >= 4 is 0 Å². The molecule has 4 heteroatoms. The van der Waals surface area contributed by atoms with E-state index < -0.39 is 17.7 Å². The second-order valence-corrected chi connectivity index (χ2v) is 6.39. The first kappa shape index (κ1) is 14.2. The van der Waals surface area contributed by atoms with E-state index in [1.165, 1.54) is 6.42 Å². The molecule has 0 saturated heterocycles. The van der Waals surface area contributed by atoms with Crippen LogP contribution in [-0.2, 0) is 0 Å². The zero-order valence-corrected chi connectivity index (χ0v) is 11.0. The molecule has 0 bridgehead atoms. The van der Waals surface area contributed by atoms with E-state index in [1.807, 2.05) is 0 Å². The molecule has 18 heavy (non-hydrogen) atoms. The van der Waals surface area contributed by atoms with Crippen molar-refractivity contribution in [1.29, 1.82) is 0 Å². The Kier molecular flexibility index (Phi) is 3.96. The highest BCUT2D eigenvalue weighted by Crippen LogP contribution is 2.47. The van der Waals surface area contributed by atoms with Gasteiger partial charge in [-0.3, -0.25) is 0 Å². The first-order chi connectivity index (χ1) is 8.31. The maximum Gasteiger partial charge on any atom is 0.391 e. The van der Waals surface area contributed by atoms with Gasteiger partial charge in [0.15, 0.2) is 0 Å². The molecule has 2 aliphatic carbocycles. The fourth-order valence-electron chi connectivity index (χ4n) is 3.78. The summed E-state index contributed by atoms with van der Waals surface area (Å²) in [6.07, 6.45) is 1.04. The van der Waals surface area contributed by atoms with E-state index in [2.05, 4.69) is 6.92 Å². The molecule has 0 aromatic rings. The normalized spacial score (nSPS) is 42.8. The van der Waals surface area contributed by atoms with Gasteiger partial charge in [0, 0.05) is 0 Å². The number of alkyl halides is 3. The summed E-state index contributed by atoms with van der Waals surface area (Å²) < 4.78 is 37.8. The second kappa shape index (κ2) is 5.03. The van der Waals surface area contributed by atoms with Crippen molar-refractivity contribution in [3.63, 3.8) is 0 Å². The Balaban J connectivity index is 1.94. The van der Waals surface area contributed by atoms with Crippen molar-refractivity contribution in [1.82, 2.24) is 0 Å². The van der Waals surface area contributed by atoms with Crippen LogP contribution in [0.1, 0.15) is 58.3 Å². The Hall–Kier alpha value is -0.250. The van der Waals surface area contributed by atoms with Crippen LogP contribution in [0.4, 0.5) is 13.2 Å². The van der Waals surface area contributed by atoms with Crippen LogP contribution < -0.4 is 0 Å². The third-order valence-electron chi connectivity index (χ3n) is 5.01.